The van der Waals surface area contributed by atoms with Crippen molar-refractivity contribution in [2.24, 2.45) is 0 Å². The quantitative estimate of drug-likeness (QED) is 0.579. The Balaban J connectivity index is 1.46. The Morgan fingerprint density at radius 3 is 2.47 bits per heavy atom. The molecule has 0 bridgehead atoms. The van der Waals surface area contributed by atoms with Crippen LogP contribution in [0, 0.1) is 6.92 Å². The molecule has 0 spiro atoms. The second-order valence-electron chi connectivity index (χ2n) is 8.21. The van der Waals surface area contributed by atoms with Gasteiger partial charge in [-0.25, -0.2) is 0 Å². The third-order valence-corrected chi connectivity index (χ3v) is 5.41. The van der Waals surface area contributed by atoms with Crippen LogP contribution in [0.1, 0.15) is 41.3 Å². The number of ether oxygens (including phenoxy) is 2. The maximum Gasteiger partial charge on any atom is 0.262 e. The van der Waals surface area contributed by atoms with Gasteiger partial charge in [-0.1, -0.05) is 32.0 Å². The summed E-state index contributed by atoms with van der Waals surface area (Å²) in [5.41, 5.74) is 3.82. The van der Waals surface area contributed by atoms with Crippen molar-refractivity contribution in [2.75, 3.05) is 23.9 Å². The molecule has 0 unspecified atom stereocenters. The standard InChI is InChI=1S/C26H26N2O4/c1-16(2)18-6-9-20(10-7-18)31-15-25(29)27-19-8-12-23-21(14-19)26(30)28(4)22-13-17(3)5-11-24(22)32-23/h5-14,16H,15H2,1-4H3,(H,27,29). The van der Waals surface area contributed by atoms with E-state index in [0.29, 0.717) is 40.1 Å². The van der Waals surface area contributed by atoms with Gasteiger partial charge in [0.05, 0.1) is 11.3 Å². The van der Waals surface area contributed by atoms with Gasteiger partial charge < -0.3 is 19.7 Å². The highest BCUT2D eigenvalue weighted by Crippen LogP contribution is 2.39. The van der Waals surface area contributed by atoms with E-state index in [0.717, 1.165) is 5.56 Å². The van der Waals surface area contributed by atoms with Crippen molar-refractivity contribution < 1.29 is 19.1 Å². The normalized spacial score (nSPS) is 12.5. The maximum absolute atomic E-state index is 13.0. The molecule has 0 aromatic heterocycles. The van der Waals surface area contributed by atoms with E-state index in [1.807, 2.05) is 49.4 Å². The van der Waals surface area contributed by atoms with Crippen molar-refractivity contribution in [3.63, 3.8) is 0 Å². The van der Waals surface area contributed by atoms with Gasteiger partial charge in [-0.2, -0.15) is 0 Å². The third-order valence-electron chi connectivity index (χ3n) is 5.41. The molecule has 0 saturated carbocycles. The van der Waals surface area contributed by atoms with E-state index in [4.69, 9.17) is 9.47 Å². The maximum atomic E-state index is 13.0. The third kappa shape index (κ3) is 4.44. The smallest absolute Gasteiger partial charge is 0.262 e. The van der Waals surface area contributed by atoms with E-state index >= 15 is 0 Å². The number of carbonyl (C=O) groups excluding carboxylic acids is 2. The summed E-state index contributed by atoms with van der Waals surface area (Å²) in [5.74, 6) is 1.60. The van der Waals surface area contributed by atoms with E-state index in [-0.39, 0.29) is 18.4 Å². The fourth-order valence-corrected chi connectivity index (χ4v) is 3.54. The van der Waals surface area contributed by atoms with Crippen molar-refractivity contribution >= 4 is 23.2 Å². The minimum atomic E-state index is -0.313. The number of benzene rings is 3. The van der Waals surface area contributed by atoms with Crippen LogP contribution in [0.3, 0.4) is 0 Å². The lowest BCUT2D eigenvalue weighted by molar-refractivity contribution is -0.118. The predicted octanol–water partition coefficient (Wildman–Crippen LogP) is 5.52. The number of fused-ring (bicyclic) bond motifs is 2. The molecule has 3 aromatic rings. The van der Waals surface area contributed by atoms with Crippen LogP contribution in [0.5, 0.6) is 17.2 Å². The van der Waals surface area contributed by atoms with Crippen LogP contribution in [-0.4, -0.2) is 25.5 Å². The minimum Gasteiger partial charge on any atom is -0.484 e. The van der Waals surface area contributed by atoms with Gasteiger partial charge in [0, 0.05) is 12.7 Å². The van der Waals surface area contributed by atoms with E-state index in [1.165, 1.54) is 5.56 Å². The largest absolute Gasteiger partial charge is 0.484 e. The Hall–Kier alpha value is -3.80. The molecule has 0 aliphatic carbocycles. The second-order valence-corrected chi connectivity index (χ2v) is 8.21. The zero-order valence-corrected chi connectivity index (χ0v) is 18.6. The summed E-state index contributed by atoms with van der Waals surface area (Å²) in [6.07, 6.45) is 0. The molecule has 1 N–H and O–H groups in total. The Morgan fingerprint density at radius 1 is 1.03 bits per heavy atom. The van der Waals surface area contributed by atoms with E-state index < -0.39 is 0 Å². The molecule has 3 aromatic carbocycles. The average Bonchev–Trinajstić information content (AvgIpc) is 2.88. The molecule has 0 saturated heterocycles. The van der Waals surface area contributed by atoms with Crippen LogP contribution in [0.25, 0.3) is 0 Å². The molecule has 164 valence electrons. The van der Waals surface area contributed by atoms with Crippen molar-refractivity contribution in [1.29, 1.82) is 0 Å². The van der Waals surface area contributed by atoms with Crippen LogP contribution < -0.4 is 19.7 Å². The van der Waals surface area contributed by atoms with Gasteiger partial charge in [-0.05, 0) is 66.4 Å². The van der Waals surface area contributed by atoms with E-state index in [1.54, 1.807) is 30.1 Å². The molecule has 0 radical (unpaired) electrons. The number of aryl methyl sites for hydroxylation is 1. The summed E-state index contributed by atoms with van der Waals surface area (Å²) in [5, 5.41) is 2.79. The first kappa shape index (κ1) is 21.4. The molecule has 1 aliphatic rings. The lowest BCUT2D eigenvalue weighted by Gasteiger charge is -2.16. The molecule has 2 amide bonds. The Morgan fingerprint density at radius 2 is 1.75 bits per heavy atom. The van der Waals surface area contributed by atoms with Gasteiger partial charge in [0.2, 0.25) is 0 Å². The van der Waals surface area contributed by atoms with Crippen LogP contribution in [-0.2, 0) is 4.79 Å². The molecular formula is C26H26N2O4. The SMILES string of the molecule is Cc1ccc2c(c1)N(C)C(=O)c1cc(NC(=O)COc3ccc(C(C)C)cc3)ccc1O2. The minimum absolute atomic E-state index is 0.132. The highest BCUT2D eigenvalue weighted by molar-refractivity contribution is 6.10. The summed E-state index contributed by atoms with van der Waals surface area (Å²) < 4.78 is 11.6. The summed E-state index contributed by atoms with van der Waals surface area (Å²) in [6.45, 7) is 6.08. The van der Waals surface area contributed by atoms with Crippen molar-refractivity contribution in [3.8, 4) is 17.2 Å². The number of nitrogens with zero attached hydrogens (tertiary/aromatic N) is 1. The van der Waals surface area contributed by atoms with Gasteiger partial charge in [0.25, 0.3) is 11.8 Å². The zero-order valence-electron chi connectivity index (χ0n) is 18.6. The first-order valence-electron chi connectivity index (χ1n) is 10.5. The first-order valence-corrected chi connectivity index (χ1v) is 10.5. The van der Waals surface area contributed by atoms with Gasteiger partial charge in [-0.15, -0.1) is 0 Å². The lowest BCUT2D eigenvalue weighted by Crippen LogP contribution is -2.25. The van der Waals surface area contributed by atoms with Gasteiger partial charge >= 0.3 is 0 Å². The van der Waals surface area contributed by atoms with Crippen molar-refractivity contribution in [1.82, 2.24) is 0 Å². The molecule has 6 nitrogen and oxygen atoms in total. The van der Waals surface area contributed by atoms with Crippen LogP contribution in [0.2, 0.25) is 0 Å². The van der Waals surface area contributed by atoms with Crippen molar-refractivity contribution in [2.45, 2.75) is 26.7 Å². The summed E-state index contributed by atoms with van der Waals surface area (Å²) in [4.78, 5) is 27.0. The number of hydrogen-bond acceptors (Lipinski definition) is 4. The molecule has 0 atom stereocenters. The zero-order chi connectivity index (χ0) is 22.8. The molecule has 0 fully saturated rings. The monoisotopic (exact) mass is 430 g/mol. The Bertz CT molecular complexity index is 1170. The highest BCUT2D eigenvalue weighted by Gasteiger charge is 2.26. The molecule has 32 heavy (non-hydrogen) atoms. The topological polar surface area (TPSA) is 67.9 Å². The number of nitrogens with one attached hydrogen (secondary N) is 1. The highest BCUT2D eigenvalue weighted by atomic mass is 16.5. The lowest BCUT2D eigenvalue weighted by atomic mass is 10.0. The fraction of sp³-hybridized carbons (Fsp3) is 0.231. The molecule has 1 heterocycles. The van der Waals surface area contributed by atoms with Gasteiger partial charge in [0.15, 0.2) is 12.4 Å². The van der Waals surface area contributed by atoms with E-state index in [9.17, 15) is 9.59 Å². The molecule has 1 aliphatic heterocycles. The van der Waals surface area contributed by atoms with Gasteiger partial charge in [0.1, 0.15) is 11.5 Å². The van der Waals surface area contributed by atoms with Crippen LogP contribution in [0.4, 0.5) is 11.4 Å². The number of anilines is 2. The molecule has 4 rings (SSSR count). The Kier molecular flexibility index (Phi) is 5.86. The van der Waals surface area contributed by atoms with Crippen LogP contribution in [0.15, 0.2) is 60.7 Å². The Labute approximate surface area is 187 Å². The van der Waals surface area contributed by atoms with Crippen LogP contribution >= 0.6 is 0 Å². The number of carbonyl (C=O) groups is 2. The number of rotatable bonds is 5. The first-order chi connectivity index (χ1) is 15.3. The van der Waals surface area contributed by atoms with Gasteiger partial charge in [-0.3, -0.25) is 9.59 Å². The number of hydrogen-bond donors (Lipinski definition) is 1. The molecule has 6 heteroatoms. The fourth-order valence-electron chi connectivity index (χ4n) is 3.54. The summed E-state index contributed by atoms with van der Waals surface area (Å²) in [7, 11) is 1.71. The number of amides is 2. The van der Waals surface area contributed by atoms with Crippen molar-refractivity contribution in [3.05, 3.63) is 77.4 Å². The second kappa shape index (κ2) is 8.75. The van der Waals surface area contributed by atoms with E-state index in [2.05, 4.69) is 19.2 Å². The average molecular weight is 431 g/mol. The summed E-state index contributed by atoms with van der Waals surface area (Å²) in [6, 6.07) is 18.4. The predicted molar refractivity (Wildman–Crippen MR) is 125 cm³/mol. The molecular weight excluding hydrogens is 404 g/mol. The summed E-state index contributed by atoms with van der Waals surface area (Å²) >= 11 is 0.